The normalized spacial score (nSPS) is 28.9. The number of pyridine rings is 1. The molecule has 4 nitrogen and oxygen atoms in total. The highest BCUT2D eigenvalue weighted by atomic mass is 16.3. The average Bonchev–Trinajstić information content (AvgIpc) is 2.28. The predicted molar refractivity (Wildman–Crippen MR) is 69.7 cm³/mol. The molecule has 0 radical (unpaired) electrons. The molecule has 1 aliphatic rings. The Balaban J connectivity index is 1.90. The molecule has 2 atom stereocenters. The smallest absolute Gasteiger partial charge is 0.126 e. The van der Waals surface area contributed by atoms with E-state index in [9.17, 15) is 5.11 Å². The van der Waals surface area contributed by atoms with E-state index in [-0.39, 0.29) is 0 Å². The summed E-state index contributed by atoms with van der Waals surface area (Å²) in [7, 11) is 0. The highest BCUT2D eigenvalue weighted by Gasteiger charge is 2.32. The number of nitrogens with zero attached hydrogens (tertiary/aromatic N) is 1. The van der Waals surface area contributed by atoms with Gasteiger partial charge in [0.1, 0.15) is 5.82 Å². The van der Waals surface area contributed by atoms with Crippen molar-refractivity contribution in [2.45, 2.75) is 38.2 Å². The second-order valence-electron chi connectivity index (χ2n) is 5.26. The zero-order valence-electron chi connectivity index (χ0n) is 10.3. The van der Waals surface area contributed by atoms with Gasteiger partial charge in [-0.1, -0.05) is 19.8 Å². The van der Waals surface area contributed by atoms with E-state index in [0.29, 0.717) is 18.2 Å². The fourth-order valence-corrected chi connectivity index (χ4v) is 2.56. The molecular formula is C13H21N3O. The maximum Gasteiger partial charge on any atom is 0.126 e. The summed E-state index contributed by atoms with van der Waals surface area (Å²) in [4.78, 5) is 4.17. The van der Waals surface area contributed by atoms with E-state index >= 15 is 0 Å². The minimum atomic E-state index is -0.583. The molecule has 0 aliphatic heterocycles. The average molecular weight is 235 g/mol. The third-order valence-electron chi connectivity index (χ3n) is 3.45. The van der Waals surface area contributed by atoms with Crippen LogP contribution in [0.15, 0.2) is 18.3 Å². The van der Waals surface area contributed by atoms with Gasteiger partial charge in [0.05, 0.1) is 17.5 Å². The van der Waals surface area contributed by atoms with E-state index in [4.69, 9.17) is 5.73 Å². The lowest BCUT2D eigenvalue weighted by Crippen LogP contribution is -2.41. The topological polar surface area (TPSA) is 71.2 Å². The van der Waals surface area contributed by atoms with Crippen LogP contribution in [0.25, 0.3) is 0 Å². The minimum absolute atomic E-state index is 0.564. The van der Waals surface area contributed by atoms with Crippen molar-refractivity contribution >= 4 is 11.5 Å². The molecule has 1 aromatic heterocycles. The number of aromatic nitrogens is 1. The largest absolute Gasteiger partial charge is 0.397 e. The number of hydrogen-bond donors (Lipinski definition) is 3. The first-order valence-corrected chi connectivity index (χ1v) is 6.25. The van der Waals surface area contributed by atoms with Crippen molar-refractivity contribution in [2.75, 3.05) is 17.6 Å². The van der Waals surface area contributed by atoms with Crippen molar-refractivity contribution in [3.8, 4) is 0 Å². The summed E-state index contributed by atoms with van der Waals surface area (Å²) >= 11 is 0. The first-order valence-electron chi connectivity index (χ1n) is 6.25. The van der Waals surface area contributed by atoms with Crippen molar-refractivity contribution in [3.63, 3.8) is 0 Å². The van der Waals surface area contributed by atoms with E-state index in [1.54, 1.807) is 6.20 Å². The Labute approximate surface area is 102 Å². The number of anilines is 2. The number of aliphatic hydroxyl groups is 1. The number of hydrogen-bond acceptors (Lipinski definition) is 4. The first-order chi connectivity index (χ1) is 8.07. The van der Waals surface area contributed by atoms with Crippen LogP contribution in [0.5, 0.6) is 0 Å². The van der Waals surface area contributed by atoms with Crippen molar-refractivity contribution in [1.82, 2.24) is 4.98 Å². The number of nitrogen functional groups attached to an aromatic ring is 1. The Bertz CT molecular complexity index is 365. The minimum Gasteiger partial charge on any atom is -0.397 e. The zero-order chi connectivity index (χ0) is 12.3. The van der Waals surface area contributed by atoms with Gasteiger partial charge in [-0.05, 0) is 30.9 Å². The summed E-state index contributed by atoms with van der Waals surface area (Å²) in [6.45, 7) is 2.76. The van der Waals surface area contributed by atoms with Crippen LogP contribution in [0, 0.1) is 5.92 Å². The van der Waals surface area contributed by atoms with Gasteiger partial charge in [-0.25, -0.2) is 4.98 Å². The van der Waals surface area contributed by atoms with Gasteiger partial charge in [0.2, 0.25) is 0 Å². The molecule has 4 heteroatoms. The van der Waals surface area contributed by atoms with E-state index in [0.717, 1.165) is 25.1 Å². The molecule has 2 unspecified atom stereocenters. The molecule has 94 valence electrons. The highest BCUT2D eigenvalue weighted by molar-refractivity contribution is 5.43. The van der Waals surface area contributed by atoms with Crippen molar-refractivity contribution in [3.05, 3.63) is 18.3 Å². The fraction of sp³-hybridized carbons (Fsp3) is 0.615. The number of nitrogens with two attached hydrogens (primary N) is 1. The van der Waals surface area contributed by atoms with Crippen LogP contribution in [0.2, 0.25) is 0 Å². The van der Waals surface area contributed by atoms with Crippen LogP contribution in [0.4, 0.5) is 11.5 Å². The molecule has 0 bridgehead atoms. The summed E-state index contributed by atoms with van der Waals surface area (Å²) in [5.41, 5.74) is 5.64. The fourth-order valence-electron chi connectivity index (χ4n) is 2.56. The monoisotopic (exact) mass is 235 g/mol. The highest BCUT2D eigenvalue weighted by Crippen LogP contribution is 2.32. The molecular weight excluding hydrogens is 214 g/mol. The van der Waals surface area contributed by atoms with E-state index in [2.05, 4.69) is 17.2 Å². The van der Waals surface area contributed by atoms with Crippen molar-refractivity contribution in [1.29, 1.82) is 0 Å². The Morgan fingerprint density at radius 1 is 1.59 bits per heavy atom. The Kier molecular flexibility index (Phi) is 3.52. The van der Waals surface area contributed by atoms with Crippen LogP contribution in [0.3, 0.4) is 0 Å². The van der Waals surface area contributed by atoms with Crippen LogP contribution < -0.4 is 11.1 Å². The summed E-state index contributed by atoms with van der Waals surface area (Å²) in [5, 5.41) is 13.6. The Morgan fingerprint density at radius 3 is 3.06 bits per heavy atom. The van der Waals surface area contributed by atoms with Gasteiger partial charge >= 0.3 is 0 Å². The van der Waals surface area contributed by atoms with Crippen molar-refractivity contribution < 1.29 is 5.11 Å². The lowest BCUT2D eigenvalue weighted by molar-refractivity contribution is -0.000824. The quantitative estimate of drug-likeness (QED) is 0.749. The zero-order valence-corrected chi connectivity index (χ0v) is 10.3. The number of rotatable bonds is 3. The van der Waals surface area contributed by atoms with Gasteiger partial charge in [-0.3, -0.25) is 0 Å². The van der Waals surface area contributed by atoms with Crippen LogP contribution in [-0.2, 0) is 0 Å². The van der Waals surface area contributed by atoms with Gasteiger partial charge in [0, 0.05) is 6.54 Å². The molecule has 1 heterocycles. The molecule has 0 aromatic carbocycles. The van der Waals surface area contributed by atoms with Crippen molar-refractivity contribution in [2.24, 2.45) is 5.92 Å². The van der Waals surface area contributed by atoms with Gasteiger partial charge in [0.15, 0.2) is 0 Å². The summed E-state index contributed by atoms with van der Waals surface area (Å²) in [6.07, 6.45) is 5.70. The maximum absolute atomic E-state index is 10.4. The molecule has 17 heavy (non-hydrogen) atoms. The predicted octanol–water partition coefficient (Wildman–Crippen LogP) is 2.02. The lowest BCUT2D eigenvalue weighted by Gasteiger charge is -2.35. The molecule has 0 spiro atoms. The molecule has 4 N–H and O–H groups in total. The first kappa shape index (κ1) is 12.2. The summed E-state index contributed by atoms with van der Waals surface area (Å²) in [5.74, 6) is 1.38. The number of nitrogens with one attached hydrogen (secondary N) is 1. The molecule has 0 saturated heterocycles. The second-order valence-corrected chi connectivity index (χ2v) is 5.26. The van der Waals surface area contributed by atoms with E-state index < -0.39 is 5.60 Å². The van der Waals surface area contributed by atoms with Gasteiger partial charge < -0.3 is 16.2 Å². The maximum atomic E-state index is 10.4. The third kappa shape index (κ3) is 3.33. The second kappa shape index (κ2) is 4.92. The Morgan fingerprint density at radius 2 is 2.41 bits per heavy atom. The SMILES string of the molecule is CC1CCCC(O)(CNc2ccc(N)cn2)C1. The molecule has 1 aliphatic carbocycles. The molecule has 2 rings (SSSR count). The Hall–Kier alpha value is -1.29. The molecule has 1 fully saturated rings. The van der Waals surface area contributed by atoms with Crippen LogP contribution in [0.1, 0.15) is 32.6 Å². The van der Waals surface area contributed by atoms with Crippen LogP contribution >= 0.6 is 0 Å². The third-order valence-corrected chi connectivity index (χ3v) is 3.45. The summed E-state index contributed by atoms with van der Waals surface area (Å²) in [6, 6.07) is 3.65. The van der Waals surface area contributed by atoms with Gasteiger partial charge in [-0.2, -0.15) is 0 Å². The standard InChI is InChI=1S/C13H21N3O/c1-10-3-2-6-13(17,7-10)9-16-12-5-4-11(14)8-15-12/h4-5,8,10,17H,2-3,6-7,9,14H2,1H3,(H,15,16). The lowest BCUT2D eigenvalue weighted by atomic mass is 9.79. The van der Waals surface area contributed by atoms with E-state index in [1.165, 1.54) is 6.42 Å². The summed E-state index contributed by atoms with van der Waals surface area (Å²) < 4.78 is 0. The van der Waals surface area contributed by atoms with Crippen LogP contribution in [-0.4, -0.2) is 22.2 Å². The van der Waals surface area contributed by atoms with Gasteiger partial charge in [-0.15, -0.1) is 0 Å². The van der Waals surface area contributed by atoms with Gasteiger partial charge in [0.25, 0.3) is 0 Å². The molecule has 0 amide bonds. The molecule has 1 saturated carbocycles. The van der Waals surface area contributed by atoms with E-state index in [1.807, 2.05) is 12.1 Å². The molecule has 1 aromatic rings.